The number of aromatic carboxylic acids is 1. The van der Waals surface area contributed by atoms with Gasteiger partial charge in [-0.05, 0) is 48.9 Å². The smallest absolute Gasteiger partial charge is 0.335 e. The van der Waals surface area contributed by atoms with Gasteiger partial charge in [0.1, 0.15) is 5.76 Å². The molecule has 25 heavy (non-hydrogen) atoms. The van der Waals surface area contributed by atoms with Gasteiger partial charge >= 0.3 is 5.97 Å². The number of carboxylic acids is 1. The van der Waals surface area contributed by atoms with E-state index in [0.717, 1.165) is 15.6 Å². The molecule has 0 saturated carbocycles. The average molecular weight is 400 g/mol. The van der Waals surface area contributed by atoms with Crippen LogP contribution in [0.3, 0.4) is 0 Å². The molecule has 0 aliphatic carbocycles. The molecule has 6 heteroatoms. The second-order valence-corrected chi connectivity index (χ2v) is 6.38. The Bertz CT molecular complexity index is 944. The first kappa shape index (κ1) is 17.0. The van der Waals surface area contributed by atoms with E-state index in [1.165, 1.54) is 12.1 Å². The molecule has 3 aromatic rings. The minimum atomic E-state index is -1.05. The van der Waals surface area contributed by atoms with Gasteiger partial charge < -0.3 is 14.8 Å². The topological polar surface area (TPSA) is 79.5 Å². The molecular formula is C19H14BrNO4. The lowest BCUT2D eigenvalue weighted by Gasteiger charge is -2.08. The summed E-state index contributed by atoms with van der Waals surface area (Å²) in [6.45, 7) is 1.79. The second kappa shape index (κ2) is 6.94. The number of carbonyl (C=O) groups excluding carboxylic acids is 1. The molecular weight excluding hydrogens is 386 g/mol. The molecule has 3 rings (SSSR count). The third-order valence-corrected chi connectivity index (χ3v) is 4.22. The van der Waals surface area contributed by atoms with E-state index in [1.807, 2.05) is 24.3 Å². The third kappa shape index (κ3) is 3.80. The van der Waals surface area contributed by atoms with Crippen molar-refractivity contribution in [3.05, 3.63) is 76.0 Å². The summed E-state index contributed by atoms with van der Waals surface area (Å²) < 4.78 is 6.57. The number of hydrogen-bond acceptors (Lipinski definition) is 3. The Morgan fingerprint density at radius 2 is 1.76 bits per heavy atom. The first-order valence-electron chi connectivity index (χ1n) is 7.45. The zero-order valence-corrected chi connectivity index (χ0v) is 14.8. The van der Waals surface area contributed by atoms with Gasteiger partial charge in [-0.15, -0.1) is 0 Å². The molecule has 1 aromatic heterocycles. The Morgan fingerprint density at radius 3 is 2.44 bits per heavy atom. The maximum atomic E-state index is 12.4. The van der Waals surface area contributed by atoms with Gasteiger partial charge in [0.05, 0.1) is 5.56 Å². The minimum Gasteiger partial charge on any atom is -0.478 e. The Hall–Kier alpha value is -2.86. The molecule has 0 fully saturated rings. The van der Waals surface area contributed by atoms with Crippen molar-refractivity contribution in [3.8, 4) is 11.3 Å². The van der Waals surface area contributed by atoms with Gasteiger partial charge in [-0.3, -0.25) is 4.79 Å². The predicted octanol–water partition coefficient (Wildman–Crippen LogP) is 4.97. The normalized spacial score (nSPS) is 10.5. The highest BCUT2D eigenvalue weighted by atomic mass is 79.9. The van der Waals surface area contributed by atoms with E-state index >= 15 is 0 Å². The molecule has 5 nitrogen and oxygen atoms in total. The van der Waals surface area contributed by atoms with E-state index in [1.54, 1.807) is 25.1 Å². The van der Waals surface area contributed by atoms with Crippen LogP contribution in [0.5, 0.6) is 0 Å². The van der Waals surface area contributed by atoms with Crippen molar-refractivity contribution in [1.29, 1.82) is 0 Å². The molecule has 1 amide bonds. The Morgan fingerprint density at radius 1 is 1.04 bits per heavy atom. The van der Waals surface area contributed by atoms with Crippen LogP contribution in [0.15, 0.2) is 63.5 Å². The number of carboxylic acid groups (broad SMARTS) is 1. The SMILES string of the molecule is Cc1ccc(C(=O)O)cc1NC(=O)c1ccc(-c2ccc(Br)cc2)o1. The lowest BCUT2D eigenvalue weighted by molar-refractivity contribution is 0.0696. The highest BCUT2D eigenvalue weighted by Crippen LogP contribution is 2.25. The van der Waals surface area contributed by atoms with Crippen LogP contribution in [0.2, 0.25) is 0 Å². The van der Waals surface area contributed by atoms with Crippen molar-refractivity contribution in [2.75, 3.05) is 5.32 Å². The maximum absolute atomic E-state index is 12.4. The van der Waals surface area contributed by atoms with Gasteiger partial charge in [0.15, 0.2) is 5.76 Å². The van der Waals surface area contributed by atoms with Crippen molar-refractivity contribution in [1.82, 2.24) is 0 Å². The van der Waals surface area contributed by atoms with Crippen molar-refractivity contribution < 1.29 is 19.1 Å². The number of carbonyl (C=O) groups is 2. The number of benzene rings is 2. The zero-order chi connectivity index (χ0) is 18.0. The molecule has 0 unspecified atom stereocenters. The molecule has 0 aliphatic heterocycles. The maximum Gasteiger partial charge on any atom is 0.335 e. The van der Waals surface area contributed by atoms with E-state index in [9.17, 15) is 9.59 Å². The molecule has 126 valence electrons. The Kier molecular flexibility index (Phi) is 4.72. The van der Waals surface area contributed by atoms with Crippen LogP contribution in [0.25, 0.3) is 11.3 Å². The summed E-state index contributed by atoms with van der Waals surface area (Å²) in [5, 5.41) is 11.8. The first-order chi connectivity index (χ1) is 11.9. The number of hydrogen-bond donors (Lipinski definition) is 2. The average Bonchev–Trinajstić information content (AvgIpc) is 3.07. The quantitative estimate of drug-likeness (QED) is 0.648. The van der Waals surface area contributed by atoms with Crippen LogP contribution < -0.4 is 5.32 Å². The largest absolute Gasteiger partial charge is 0.478 e. The van der Waals surface area contributed by atoms with Gasteiger partial charge in [-0.25, -0.2) is 4.79 Å². The molecule has 0 aliphatic rings. The standard InChI is InChI=1S/C19H14BrNO4/c1-11-2-3-13(19(23)24)10-15(11)21-18(22)17-9-8-16(25-17)12-4-6-14(20)7-5-12/h2-10H,1H3,(H,21,22)(H,23,24). The van der Waals surface area contributed by atoms with Crippen LogP contribution >= 0.6 is 15.9 Å². The van der Waals surface area contributed by atoms with Gasteiger partial charge in [-0.1, -0.05) is 34.1 Å². The Balaban J connectivity index is 1.82. The van der Waals surface area contributed by atoms with E-state index in [-0.39, 0.29) is 11.3 Å². The second-order valence-electron chi connectivity index (χ2n) is 5.46. The first-order valence-corrected chi connectivity index (χ1v) is 8.24. The summed E-state index contributed by atoms with van der Waals surface area (Å²) in [6, 6.07) is 15.4. The summed E-state index contributed by atoms with van der Waals surface area (Å²) in [7, 11) is 0. The van der Waals surface area contributed by atoms with E-state index in [4.69, 9.17) is 9.52 Å². The number of rotatable bonds is 4. The molecule has 2 N–H and O–H groups in total. The number of aryl methyl sites for hydroxylation is 1. The Labute approximate surface area is 152 Å². The van der Waals surface area contributed by atoms with Crippen molar-refractivity contribution >= 4 is 33.5 Å². The number of anilines is 1. The van der Waals surface area contributed by atoms with E-state index < -0.39 is 11.9 Å². The lowest BCUT2D eigenvalue weighted by Crippen LogP contribution is -2.12. The fourth-order valence-corrected chi connectivity index (χ4v) is 2.57. The van der Waals surface area contributed by atoms with E-state index in [0.29, 0.717) is 11.4 Å². The zero-order valence-electron chi connectivity index (χ0n) is 13.2. The van der Waals surface area contributed by atoms with Crippen LogP contribution in [0, 0.1) is 6.92 Å². The third-order valence-electron chi connectivity index (χ3n) is 3.69. The van der Waals surface area contributed by atoms with Crippen LogP contribution in [-0.2, 0) is 0 Å². The molecule has 0 bridgehead atoms. The number of nitrogens with one attached hydrogen (secondary N) is 1. The number of furan rings is 1. The fourth-order valence-electron chi connectivity index (χ4n) is 2.30. The monoisotopic (exact) mass is 399 g/mol. The highest BCUT2D eigenvalue weighted by molar-refractivity contribution is 9.10. The summed E-state index contributed by atoms with van der Waals surface area (Å²) in [6.07, 6.45) is 0. The van der Waals surface area contributed by atoms with Crippen LogP contribution in [0.1, 0.15) is 26.5 Å². The molecule has 0 atom stereocenters. The molecule has 0 saturated heterocycles. The highest BCUT2D eigenvalue weighted by Gasteiger charge is 2.14. The van der Waals surface area contributed by atoms with Crippen LogP contribution in [-0.4, -0.2) is 17.0 Å². The lowest BCUT2D eigenvalue weighted by atomic mass is 10.1. The predicted molar refractivity (Wildman–Crippen MR) is 97.9 cm³/mol. The van der Waals surface area contributed by atoms with Gasteiger partial charge in [-0.2, -0.15) is 0 Å². The van der Waals surface area contributed by atoms with Gasteiger partial charge in [0.25, 0.3) is 5.91 Å². The van der Waals surface area contributed by atoms with Gasteiger partial charge in [0.2, 0.25) is 0 Å². The number of halogens is 1. The minimum absolute atomic E-state index is 0.107. The number of amides is 1. The molecule has 0 spiro atoms. The molecule has 0 radical (unpaired) electrons. The fraction of sp³-hybridized carbons (Fsp3) is 0.0526. The van der Waals surface area contributed by atoms with Crippen molar-refractivity contribution in [3.63, 3.8) is 0 Å². The van der Waals surface area contributed by atoms with Gasteiger partial charge in [0, 0.05) is 15.7 Å². The van der Waals surface area contributed by atoms with Crippen LogP contribution in [0.4, 0.5) is 5.69 Å². The van der Waals surface area contributed by atoms with Crippen molar-refractivity contribution in [2.24, 2.45) is 0 Å². The molecule has 1 heterocycles. The summed E-state index contributed by atoms with van der Waals surface area (Å²) in [5.74, 6) is -0.758. The summed E-state index contributed by atoms with van der Waals surface area (Å²) >= 11 is 3.37. The van der Waals surface area contributed by atoms with Crippen molar-refractivity contribution in [2.45, 2.75) is 6.92 Å². The summed E-state index contributed by atoms with van der Waals surface area (Å²) in [4.78, 5) is 23.5. The molecule has 2 aromatic carbocycles. The summed E-state index contributed by atoms with van der Waals surface area (Å²) in [5.41, 5.74) is 2.16. The van der Waals surface area contributed by atoms with E-state index in [2.05, 4.69) is 21.2 Å².